The van der Waals surface area contributed by atoms with Crippen LogP contribution >= 0.6 is 11.6 Å². The summed E-state index contributed by atoms with van der Waals surface area (Å²) in [6.07, 6.45) is 1.63. The maximum absolute atomic E-state index is 14.8. The van der Waals surface area contributed by atoms with Crippen molar-refractivity contribution >= 4 is 35.0 Å². The summed E-state index contributed by atoms with van der Waals surface area (Å²) in [5.41, 5.74) is 0.374. The molecule has 0 bridgehead atoms. The Kier molecular flexibility index (Phi) is 8.12. The molecular weight excluding hydrogens is 595 g/mol. The van der Waals surface area contributed by atoms with Gasteiger partial charge in [0.05, 0.1) is 6.04 Å². The molecule has 0 saturated carbocycles. The molecule has 2 fully saturated rings. The molecular formula is C35H38ClFN4O4. The highest BCUT2D eigenvalue weighted by atomic mass is 35.5. The smallest absolute Gasteiger partial charge is 0.263 e. The van der Waals surface area contributed by atoms with Crippen LogP contribution < -0.4 is 20.7 Å². The van der Waals surface area contributed by atoms with Crippen LogP contribution in [0.4, 0.5) is 10.1 Å². The molecule has 8 nitrogen and oxygen atoms in total. The van der Waals surface area contributed by atoms with Crippen LogP contribution in [0.15, 0.2) is 60.7 Å². The van der Waals surface area contributed by atoms with Gasteiger partial charge in [-0.1, -0.05) is 35.9 Å². The van der Waals surface area contributed by atoms with Gasteiger partial charge in [-0.25, -0.2) is 4.39 Å². The Morgan fingerprint density at radius 2 is 1.80 bits per heavy atom. The second kappa shape index (κ2) is 11.8. The highest BCUT2D eigenvalue weighted by Gasteiger charge is 2.62. The van der Waals surface area contributed by atoms with E-state index in [0.717, 1.165) is 31.5 Å². The summed E-state index contributed by atoms with van der Waals surface area (Å²) in [6.45, 7) is 7.03. The lowest BCUT2D eigenvalue weighted by Gasteiger charge is -2.47. The van der Waals surface area contributed by atoms with Crippen molar-refractivity contribution in [3.63, 3.8) is 0 Å². The summed E-state index contributed by atoms with van der Waals surface area (Å²) in [5.74, 6) is -1.80. The van der Waals surface area contributed by atoms with Gasteiger partial charge in [0, 0.05) is 34.7 Å². The second-order valence-corrected chi connectivity index (χ2v) is 13.4. The summed E-state index contributed by atoms with van der Waals surface area (Å²) in [7, 11) is 2.06. The molecule has 3 aromatic carbocycles. The van der Waals surface area contributed by atoms with E-state index < -0.39 is 28.8 Å². The highest BCUT2D eigenvalue weighted by Crippen LogP contribution is 2.59. The van der Waals surface area contributed by atoms with Crippen molar-refractivity contribution in [1.29, 1.82) is 0 Å². The number of rotatable bonds is 6. The lowest BCUT2D eigenvalue weighted by molar-refractivity contribution is -0.136. The molecule has 3 amide bonds. The first kappa shape index (κ1) is 31.0. The van der Waals surface area contributed by atoms with E-state index in [4.69, 9.17) is 16.3 Å². The lowest BCUT2D eigenvalue weighted by atomic mass is 9.59. The van der Waals surface area contributed by atoms with Crippen LogP contribution in [0.5, 0.6) is 5.75 Å². The molecule has 2 saturated heterocycles. The second-order valence-electron chi connectivity index (χ2n) is 13.0. The fourth-order valence-electron chi connectivity index (χ4n) is 7.13. The number of fused-ring (bicyclic) bond motifs is 2. The van der Waals surface area contributed by atoms with E-state index in [0.29, 0.717) is 33.1 Å². The minimum absolute atomic E-state index is 0.0422. The van der Waals surface area contributed by atoms with Crippen LogP contribution in [-0.2, 0) is 19.8 Å². The molecule has 3 aliphatic heterocycles. The number of carbonyl (C=O) groups is 3. The van der Waals surface area contributed by atoms with E-state index in [1.165, 1.54) is 12.1 Å². The van der Waals surface area contributed by atoms with E-state index in [1.54, 1.807) is 38.1 Å². The summed E-state index contributed by atoms with van der Waals surface area (Å²) in [5, 5.41) is 9.61. The van der Waals surface area contributed by atoms with Crippen molar-refractivity contribution in [3.05, 3.63) is 93.8 Å². The molecule has 6 rings (SSSR count). The van der Waals surface area contributed by atoms with E-state index in [2.05, 4.69) is 27.9 Å². The molecule has 0 radical (unpaired) electrons. The van der Waals surface area contributed by atoms with Crippen molar-refractivity contribution in [1.82, 2.24) is 15.5 Å². The summed E-state index contributed by atoms with van der Waals surface area (Å²) >= 11 is 6.59. The summed E-state index contributed by atoms with van der Waals surface area (Å²) < 4.78 is 21.3. The Morgan fingerprint density at radius 3 is 2.56 bits per heavy atom. The van der Waals surface area contributed by atoms with E-state index >= 15 is 0 Å². The van der Waals surface area contributed by atoms with Crippen molar-refractivity contribution in [3.8, 4) is 5.75 Å². The Hall–Kier alpha value is -3.95. The topological polar surface area (TPSA) is 99.8 Å². The van der Waals surface area contributed by atoms with Gasteiger partial charge in [0.2, 0.25) is 11.8 Å². The predicted octanol–water partition coefficient (Wildman–Crippen LogP) is 5.39. The van der Waals surface area contributed by atoms with Gasteiger partial charge in [-0.15, -0.1) is 0 Å². The number of halogens is 2. The normalized spacial score (nSPS) is 23.8. The van der Waals surface area contributed by atoms with Gasteiger partial charge in [-0.05, 0) is 107 Å². The molecule has 0 aliphatic carbocycles. The average molecular weight is 633 g/mol. The van der Waals surface area contributed by atoms with Crippen molar-refractivity contribution in [2.45, 2.75) is 69.1 Å². The van der Waals surface area contributed by atoms with Gasteiger partial charge in [0.15, 0.2) is 5.60 Å². The average Bonchev–Trinajstić information content (AvgIpc) is 3.29. The first-order valence-corrected chi connectivity index (χ1v) is 15.7. The number of carbonyl (C=O) groups excluding carboxylic acids is 3. The third kappa shape index (κ3) is 5.57. The van der Waals surface area contributed by atoms with Crippen LogP contribution in [0.3, 0.4) is 0 Å². The van der Waals surface area contributed by atoms with Crippen LogP contribution in [0.1, 0.15) is 67.3 Å². The van der Waals surface area contributed by atoms with Gasteiger partial charge >= 0.3 is 0 Å². The number of benzene rings is 3. The molecule has 1 spiro atoms. The van der Waals surface area contributed by atoms with E-state index in [9.17, 15) is 18.8 Å². The Morgan fingerprint density at radius 1 is 1.07 bits per heavy atom. The van der Waals surface area contributed by atoms with Crippen LogP contribution in [0, 0.1) is 12.7 Å². The Bertz CT molecular complexity index is 1670. The number of para-hydroxylation sites is 1. The number of nitrogens with zero attached hydrogens (tertiary/aromatic N) is 1. The molecule has 10 heteroatoms. The number of nitrogens with one attached hydrogen (secondary N) is 3. The number of aryl methyl sites for hydroxylation is 1. The van der Waals surface area contributed by atoms with Gasteiger partial charge in [0.1, 0.15) is 17.0 Å². The zero-order valence-electron chi connectivity index (χ0n) is 25.9. The minimum Gasteiger partial charge on any atom is -0.478 e. The number of amides is 3. The van der Waals surface area contributed by atoms with Gasteiger partial charge in [-0.2, -0.15) is 0 Å². The van der Waals surface area contributed by atoms with Crippen LogP contribution in [0.2, 0.25) is 5.02 Å². The summed E-state index contributed by atoms with van der Waals surface area (Å²) in [6, 6.07) is 15.9. The molecule has 3 aliphatic rings. The quantitative estimate of drug-likeness (QED) is 0.339. The molecule has 3 N–H and O–H groups in total. The molecule has 45 heavy (non-hydrogen) atoms. The van der Waals surface area contributed by atoms with E-state index in [1.807, 2.05) is 31.2 Å². The standard InChI is InChI=1S/C35H38ClFN4O4/c1-20-9-11-22(37)18-24(20)31-35(26-7-5-6-8-28(26)39-33(35)44)27(19-30(42)40-31)25-17-21(36)10-12-29(25)45-34(2,3)32(43)38-23-13-15-41(4)16-14-23/h5-12,17-18,23,27,31H,13-16,19H2,1-4H3,(H,38,43)(H,39,44)(H,40,42)/t27-,31+,35?/m1/s1. The van der Waals surface area contributed by atoms with Crippen LogP contribution in [-0.4, -0.2) is 54.4 Å². The SMILES string of the molecule is Cc1ccc(F)cc1[C@@H]1NC(=O)C[C@H](c2cc(Cl)ccc2OC(C)(C)C(=O)NC2CCN(C)CC2)C12C(=O)Nc1ccccc12. The number of hydrogen-bond donors (Lipinski definition) is 3. The maximum atomic E-state index is 14.8. The molecule has 0 aromatic heterocycles. The Labute approximate surface area is 267 Å². The predicted molar refractivity (Wildman–Crippen MR) is 171 cm³/mol. The molecule has 3 atom stereocenters. The number of anilines is 1. The third-order valence-electron chi connectivity index (χ3n) is 9.56. The summed E-state index contributed by atoms with van der Waals surface area (Å²) in [4.78, 5) is 43.7. The molecule has 1 unspecified atom stereocenters. The lowest BCUT2D eigenvalue weighted by Crippen LogP contribution is -2.57. The largest absolute Gasteiger partial charge is 0.478 e. The number of piperidine rings is 2. The maximum Gasteiger partial charge on any atom is 0.263 e. The third-order valence-corrected chi connectivity index (χ3v) is 9.80. The fourth-order valence-corrected chi connectivity index (χ4v) is 7.31. The van der Waals surface area contributed by atoms with Crippen LogP contribution in [0.25, 0.3) is 0 Å². The number of hydrogen-bond acceptors (Lipinski definition) is 5. The number of likely N-dealkylation sites (tertiary alicyclic amines) is 1. The monoisotopic (exact) mass is 632 g/mol. The van der Waals surface area contributed by atoms with Gasteiger partial charge < -0.3 is 25.6 Å². The van der Waals surface area contributed by atoms with Crippen molar-refractivity contribution < 1.29 is 23.5 Å². The van der Waals surface area contributed by atoms with Gasteiger partial charge in [-0.3, -0.25) is 14.4 Å². The van der Waals surface area contributed by atoms with Crippen molar-refractivity contribution in [2.75, 3.05) is 25.5 Å². The van der Waals surface area contributed by atoms with Gasteiger partial charge in [0.25, 0.3) is 5.91 Å². The zero-order chi connectivity index (χ0) is 32.1. The van der Waals surface area contributed by atoms with Crippen molar-refractivity contribution in [2.24, 2.45) is 0 Å². The zero-order valence-corrected chi connectivity index (χ0v) is 26.6. The Balaban J connectivity index is 1.46. The molecule has 3 aromatic rings. The fraction of sp³-hybridized carbons (Fsp3) is 0.400. The first-order chi connectivity index (χ1) is 21.4. The highest BCUT2D eigenvalue weighted by molar-refractivity contribution is 6.30. The molecule has 3 heterocycles. The molecule has 236 valence electrons. The number of ether oxygens (including phenoxy) is 1. The first-order valence-electron chi connectivity index (χ1n) is 15.3. The minimum atomic E-state index is -1.38. The van der Waals surface area contributed by atoms with E-state index in [-0.39, 0.29) is 30.2 Å².